The average molecular weight is 368 g/mol. The van der Waals surface area contributed by atoms with Crippen LogP contribution >= 0.6 is 0 Å². The molecule has 0 amide bonds. The van der Waals surface area contributed by atoms with Crippen molar-refractivity contribution in [3.05, 3.63) is 59.2 Å². The second-order valence-corrected chi connectivity index (χ2v) is 6.23. The first-order valence-corrected chi connectivity index (χ1v) is 9.33. The Morgan fingerprint density at radius 1 is 0.963 bits per heavy atom. The maximum absolute atomic E-state index is 12.5. The molecule has 0 spiro atoms. The molecule has 144 valence electrons. The van der Waals surface area contributed by atoms with Crippen molar-refractivity contribution in [1.82, 2.24) is 0 Å². The minimum atomic E-state index is -0.0630. The van der Waals surface area contributed by atoms with Gasteiger partial charge in [0.1, 0.15) is 17.2 Å². The van der Waals surface area contributed by atoms with E-state index in [0.29, 0.717) is 17.9 Å². The molecular formula is C23H28O4. The van der Waals surface area contributed by atoms with Crippen LogP contribution in [0.4, 0.5) is 0 Å². The highest BCUT2D eigenvalue weighted by Crippen LogP contribution is 2.31. The standard InChI is InChI=1S/C23H28O4/c1-5-7-18-15-19(23(26-4)16-22(18)25-3)10-13-21(24)17-8-11-20(12-9-17)27-14-6-2/h8-13,15-16H,5-7,14H2,1-4H3/b13-10+. The fourth-order valence-corrected chi connectivity index (χ4v) is 2.78. The molecule has 4 nitrogen and oxygen atoms in total. The zero-order chi connectivity index (χ0) is 19.6. The monoisotopic (exact) mass is 368 g/mol. The first-order chi connectivity index (χ1) is 13.1. The van der Waals surface area contributed by atoms with Crippen LogP contribution in [0.5, 0.6) is 17.2 Å². The van der Waals surface area contributed by atoms with Gasteiger partial charge in [0.25, 0.3) is 0 Å². The topological polar surface area (TPSA) is 44.8 Å². The van der Waals surface area contributed by atoms with E-state index in [-0.39, 0.29) is 5.78 Å². The van der Waals surface area contributed by atoms with Gasteiger partial charge in [-0.25, -0.2) is 0 Å². The molecule has 0 saturated carbocycles. The molecule has 2 aromatic carbocycles. The lowest BCUT2D eigenvalue weighted by Gasteiger charge is -2.12. The number of hydrogen-bond acceptors (Lipinski definition) is 4. The molecule has 0 N–H and O–H groups in total. The highest BCUT2D eigenvalue weighted by Gasteiger charge is 2.10. The summed E-state index contributed by atoms with van der Waals surface area (Å²) in [6, 6.07) is 11.1. The zero-order valence-electron chi connectivity index (χ0n) is 16.6. The van der Waals surface area contributed by atoms with Crippen LogP contribution in [0, 0.1) is 0 Å². The van der Waals surface area contributed by atoms with Gasteiger partial charge < -0.3 is 14.2 Å². The van der Waals surface area contributed by atoms with Crippen molar-refractivity contribution in [2.24, 2.45) is 0 Å². The van der Waals surface area contributed by atoms with Gasteiger partial charge in [0, 0.05) is 17.2 Å². The highest BCUT2D eigenvalue weighted by atomic mass is 16.5. The van der Waals surface area contributed by atoms with Crippen molar-refractivity contribution in [3.8, 4) is 17.2 Å². The number of allylic oxidation sites excluding steroid dienone is 1. The Hall–Kier alpha value is -2.75. The minimum Gasteiger partial charge on any atom is -0.496 e. The largest absolute Gasteiger partial charge is 0.496 e. The van der Waals surface area contributed by atoms with Crippen LogP contribution in [0.15, 0.2) is 42.5 Å². The molecule has 0 bridgehead atoms. The van der Waals surface area contributed by atoms with Crippen LogP contribution in [-0.4, -0.2) is 26.6 Å². The van der Waals surface area contributed by atoms with Gasteiger partial charge in [0.2, 0.25) is 0 Å². The molecule has 27 heavy (non-hydrogen) atoms. The number of rotatable bonds is 10. The molecule has 4 heteroatoms. The third-order valence-electron chi connectivity index (χ3n) is 4.18. The normalized spacial score (nSPS) is 10.8. The second-order valence-electron chi connectivity index (χ2n) is 6.23. The van der Waals surface area contributed by atoms with Gasteiger partial charge in [-0.3, -0.25) is 4.79 Å². The molecule has 2 aromatic rings. The van der Waals surface area contributed by atoms with Crippen LogP contribution in [0.2, 0.25) is 0 Å². The van der Waals surface area contributed by atoms with E-state index in [4.69, 9.17) is 14.2 Å². The first kappa shape index (κ1) is 20.6. The lowest BCUT2D eigenvalue weighted by molar-refractivity contribution is 0.104. The highest BCUT2D eigenvalue weighted by molar-refractivity contribution is 6.07. The summed E-state index contributed by atoms with van der Waals surface area (Å²) in [7, 11) is 3.27. The van der Waals surface area contributed by atoms with Gasteiger partial charge in [-0.2, -0.15) is 0 Å². The fraction of sp³-hybridized carbons (Fsp3) is 0.348. The van der Waals surface area contributed by atoms with E-state index in [2.05, 4.69) is 13.8 Å². The average Bonchev–Trinajstić information content (AvgIpc) is 2.71. The fourth-order valence-electron chi connectivity index (χ4n) is 2.78. The molecule has 0 saturated heterocycles. The maximum Gasteiger partial charge on any atom is 0.185 e. The predicted molar refractivity (Wildman–Crippen MR) is 109 cm³/mol. The number of hydrogen-bond donors (Lipinski definition) is 0. The SMILES string of the molecule is CCCOc1ccc(C(=O)/C=C/c2cc(CCC)c(OC)cc2OC)cc1. The van der Waals surface area contributed by atoms with Crippen molar-refractivity contribution < 1.29 is 19.0 Å². The number of benzene rings is 2. The van der Waals surface area contributed by atoms with E-state index in [1.54, 1.807) is 38.5 Å². The van der Waals surface area contributed by atoms with E-state index in [1.165, 1.54) is 0 Å². The number of ketones is 1. The van der Waals surface area contributed by atoms with Gasteiger partial charge in [0.15, 0.2) is 5.78 Å². The zero-order valence-corrected chi connectivity index (χ0v) is 16.6. The van der Waals surface area contributed by atoms with Crippen molar-refractivity contribution in [3.63, 3.8) is 0 Å². The lowest BCUT2D eigenvalue weighted by atomic mass is 10.0. The summed E-state index contributed by atoms with van der Waals surface area (Å²) in [4.78, 5) is 12.5. The summed E-state index contributed by atoms with van der Waals surface area (Å²) in [6.45, 7) is 4.85. The van der Waals surface area contributed by atoms with Crippen LogP contribution in [-0.2, 0) is 6.42 Å². The number of carbonyl (C=O) groups excluding carboxylic acids is 1. The van der Waals surface area contributed by atoms with E-state index < -0.39 is 0 Å². The van der Waals surface area contributed by atoms with Gasteiger partial charge in [-0.15, -0.1) is 0 Å². The van der Waals surface area contributed by atoms with Crippen molar-refractivity contribution in [2.75, 3.05) is 20.8 Å². The summed E-state index contributed by atoms with van der Waals surface area (Å²) >= 11 is 0. The summed E-state index contributed by atoms with van der Waals surface area (Å²) < 4.78 is 16.4. The second kappa shape index (κ2) is 10.4. The van der Waals surface area contributed by atoms with Crippen molar-refractivity contribution >= 4 is 11.9 Å². The molecule has 0 aliphatic rings. The van der Waals surface area contributed by atoms with Gasteiger partial charge >= 0.3 is 0 Å². The number of aryl methyl sites for hydroxylation is 1. The molecule has 0 fully saturated rings. The van der Waals surface area contributed by atoms with Gasteiger partial charge in [-0.1, -0.05) is 20.3 Å². The van der Waals surface area contributed by atoms with Crippen molar-refractivity contribution in [2.45, 2.75) is 33.1 Å². The molecule has 0 aliphatic heterocycles. The van der Waals surface area contributed by atoms with E-state index in [0.717, 1.165) is 41.9 Å². The predicted octanol–water partition coefficient (Wildman–Crippen LogP) is 5.34. The summed E-state index contributed by atoms with van der Waals surface area (Å²) in [5.74, 6) is 2.20. The minimum absolute atomic E-state index is 0.0630. The Morgan fingerprint density at radius 3 is 2.26 bits per heavy atom. The quantitative estimate of drug-likeness (QED) is 0.419. The first-order valence-electron chi connectivity index (χ1n) is 9.33. The smallest absolute Gasteiger partial charge is 0.185 e. The van der Waals surface area contributed by atoms with Crippen LogP contribution in [0.3, 0.4) is 0 Å². The van der Waals surface area contributed by atoms with Gasteiger partial charge in [0.05, 0.1) is 20.8 Å². The van der Waals surface area contributed by atoms with Crippen LogP contribution < -0.4 is 14.2 Å². The van der Waals surface area contributed by atoms with Crippen LogP contribution in [0.25, 0.3) is 6.08 Å². The molecular weight excluding hydrogens is 340 g/mol. The third kappa shape index (κ3) is 5.61. The number of carbonyl (C=O) groups is 1. The lowest BCUT2D eigenvalue weighted by Crippen LogP contribution is -1.98. The molecule has 0 unspecified atom stereocenters. The maximum atomic E-state index is 12.5. The Kier molecular flexibility index (Phi) is 7.93. The molecule has 0 atom stereocenters. The Morgan fingerprint density at radius 2 is 1.67 bits per heavy atom. The Bertz CT molecular complexity index is 776. The summed E-state index contributed by atoms with van der Waals surface area (Å²) in [5, 5.41) is 0. The van der Waals surface area contributed by atoms with E-state index in [1.807, 2.05) is 24.3 Å². The molecule has 0 radical (unpaired) electrons. The van der Waals surface area contributed by atoms with Crippen molar-refractivity contribution in [1.29, 1.82) is 0 Å². The summed E-state index contributed by atoms with van der Waals surface area (Å²) in [6.07, 6.45) is 6.23. The molecule has 0 aliphatic carbocycles. The van der Waals surface area contributed by atoms with Gasteiger partial charge in [-0.05, 0) is 60.9 Å². The Labute approximate surface area is 161 Å². The number of ether oxygens (including phenoxy) is 3. The Balaban J connectivity index is 2.20. The third-order valence-corrected chi connectivity index (χ3v) is 4.18. The van der Waals surface area contributed by atoms with Crippen LogP contribution in [0.1, 0.15) is 48.2 Å². The number of methoxy groups -OCH3 is 2. The molecule has 0 heterocycles. The van der Waals surface area contributed by atoms with E-state index >= 15 is 0 Å². The molecule has 2 rings (SSSR count). The van der Waals surface area contributed by atoms with E-state index in [9.17, 15) is 4.79 Å². The molecule has 0 aromatic heterocycles. The summed E-state index contributed by atoms with van der Waals surface area (Å²) in [5.41, 5.74) is 2.58.